The SMILES string of the molecule is CC(C)CC(C)N(C)Cc1cc(O)ccc1Br. The fraction of sp³-hybridized carbons (Fsp3) is 0.571. The van der Waals surface area contributed by atoms with E-state index in [4.69, 9.17) is 0 Å². The lowest BCUT2D eigenvalue weighted by molar-refractivity contribution is 0.220. The molecule has 0 aliphatic carbocycles. The van der Waals surface area contributed by atoms with Crippen molar-refractivity contribution in [1.82, 2.24) is 4.90 Å². The van der Waals surface area contributed by atoms with Crippen molar-refractivity contribution in [3.8, 4) is 5.75 Å². The molecule has 0 amide bonds. The molecule has 0 fully saturated rings. The minimum absolute atomic E-state index is 0.327. The van der Waals surface area contributed by atoms with Gasteiger partial charge in [0.2, 0.25) is 0 Å². The molecular formula is C14H22BrNO. The summed E-state index contributed by atoms with van der Waals surface area (Å²) in [5.41, 5.74) is 1.13. The van der Waals surface area contributed by atoms with E-state index in [2.05, 4.69) is 48.6 Å². The smallest absolute Gasteiger partial charge is 0.115 e. The Morgan fingerprint density at radius 3 is 2.53 bits per heavy atom. The number of benzene rings is 1. The standard InChI is InChI=1S/C14H22BrNO/c1-10(2)7-11(3)16(4)9-12-8-13(17)5-6-14(12)15/h5-6,8,10-11,17H,7,9H2,1-4H3. The van der Waals surface area contributed by atoms with Crippen molar-refractivity contribution in [2.75, 3.05) is 7.05 Å². The maximum Gasteiger partial charge on any atom is 0.115 e. The highest BCUT2D eigenvalue weighted by Crippen LogP contribution is 2.24. The molecule has 1 N–H and O–H groups in total. The average molecular weight is 300 g/mol. The molecule has 0 heterocycles. The van der Waals surface area contributed by atoms with Gasteiger partial charge in [-0.05, 0) is 50.1 Å². The largest absolute Gasteiger partial charge is 0.508 e. The summed E-state index contributed by atoms with van der Waals surface area (Å²) in [4.78, 5) is 2.32. The first kappa shape index (κ1) is 14.5. The monoisotopic (exact) mass is 299 g/mol. The van der Waals surface area contributed by atoms with E-state index in [1.165, 1.54) is 6.42 Å². The van der Waals surface area contributed by atoms with Crippen LogP contribution in [0.25, 0.3) is 0 Å². The predicted molar refractivity (Wildman–Crippen MR) is 76.2 cm³/mol. The highest BCUT2D eigenvalue weighted by molar-refractivity contribution is 9.10. The van der Waals surface area contributed by atoms with Gasteiger partial charge in [-0.1, -0.05) is 29.8 Å². The summed E-state index contributed by atoms with van der Waals surface area (Å²) in [7, 11) is 2.13. The van der Waals surface area contributed by atoms with Crippen LogP contribution in [0.5, 0.6) is 5.75 Å². The Hall–Kier alpha value is -0.540. The van der Waals surface area contributed by atoms with Gasteiger partial charge in [0.05, 0.1) is 0 Å². The number of halogens is 1. The van der Waals surface area contributed by atoms with Gasteiger partial charge in [0.1, 0.15) is 5.75 Å². The number of hydrogen-bond donors (Lipinski definition) is 1. The van der Waals surface area contributed by atoms with E-state index in [0.29, 0.717) is 17.7 Å². The highest BCUT2D eigenvalue weighted by atomic mass is 79.9. The summed E-state index contributed by atoms with van der Waals surface area (Å²) in [5, 5.41) is 9.50. The van der Waals surface area contributed by atoms with E-state index in [1.807, 2.05) is 12.1 Å². The van der Waals surface area contributed by atoms with E-state index < -0.39 is 0 Å². The minimum atomic E-state index is 0.327. The molecule has 0 aromatic heterocycles. The first-order valence-corrected chi connectivity index (χ1v) is 6.87. The maximum absolute atomic E-state index is 9.50. The Bertz CT molecular complexity index is 365. The van der Waals surface area contributed by atoms with Gasteiger partial charge >= 0.3 is 0 Å². The summed E-state index contributed by atoms with van der Waals surface area (Å²) in [6.45, 7) is 7.59. The molecule has 1 unspecified atom stereocenters. The molecule has 1 aromatic rings. The molecule has 2 nitrogen and oxygen atoms in total. The van der Waals surface area contributed by atoms with Crippen LogP contribution in [0.15, 0.2) is 22.7 Å². The van der Waals surface area contributed by atoms with Crippen molar-refractivity contribution < 1.29 is 5.11 Å². The van der Waals surface area contributed by atoms with Crippen LogP contribution in [0.3, 0.4) is 0 Å². The molecular weight excluding hydrogens is 278 g/mol. The molecule has 0 saturated heterocycles. The number of hydrogen-bond acceptors (Lipinski definition) is 2. The van der Waals surface area contributed by atoms with Crippen molar-refractivity contribution in [2.45, 2.75) is 39.8 Å². The van der Waals surface area contributed by atoms with Gasteiger partial charge in [0, 0.05) is 17.1 Å². The number of rotatable bonds is 5. The third kappa shape index (κ3) is 4.68. The average Bonchev–Trinajstić information content (AvgIpc) is 2.22. The Labute approximate surface area is 113 Å². The number of phenolic OH excluding ortho intramolecular Hbond substituents is 1. The van der Waals surface area contributed by atoms with E-state index >= 15 is 0 Å². The van der Waals surface area contributed by atoms with Crippen LogP contribution in [-0.4, -0.2) is 23.1 Å². The summed E-state index contributed by atoms with van der Waals surface area (Å²) < 4.78 is 1.05. The fourth-order valence-corrected chi connectivity index (χ4v) is 2.34. The second-order valence-corrected chi connectivity index (χ2v) is 6.02. The van der Waals surface area contributed by atoms with E-state index in [1.54, 1.807) is 6.07 Å². The molecule has 1 rings (SSSR count). The predicted octanol–water partition coefficient (Wildman–Crippen LogP) is 4.02. The normalized spacial score (nSPS) is 13.4. The molecule has 0 radical (unpaired) electrons. The molecule has 0 saturated carbocycles. The summed E-state index contributed by atoms with van der Waals surface area (Å²) >= 11 is 3.52. The second kappa shape index (κ2) is 6.41. The summed E-state index contributed by atoms with van der Waals surface area (Å²) in [6.07, 6.45) is 1.19. The third-order valence-corrected chi connectivity index (χ3v) is 3.79. The zero-order valence-electron chi connectivity index (χ0n) is 11.1. The van der Waals surface area contributed by atoms with Crippen LogP contribution in [-0.2, 0) is 6.54 Å². The van der Waals surface area contributed by atoms with Crippen LogP contribution in [0, 0.1) is 5.92 Å². The van der Waals surface area contributed by atoms with Crippen molar-refractivity contribution >= 4 is 15.9 Å². The molecule has 3 heteroatoms. The lowest BCUT2D eigenvalue weighted by Crippen LogP contribution is -2.29. The van der Waals surface area contributed by atoms with Gasteiger partial charge < -0.3 is 5.11 Å². The number of phenols is 1. The van der Waals surface area contributed by atoms with Crippen LogP contribution in [0.1, 0.15) is 32.8 Å². The molecule has 1 aromatic carbocycles. The fourth-order valence-electron chi connectivity index (χ4n) is 1.97. The van der Waals surface area contributed by atoms with Crippen LogP contribution in [0.2, 0.25) is 0 Å². The lowest BCUT2D eigenvalue weighted by Gasteiger charge is -2.26. The first-order valence-electron chi connectivity index (χ1n) is 6.07. The van der Waals surface area contributed by atoms with Gasteiger partial charge in [-0.3, -0.25) is 4.90 Å². The van der Waals surface area contributed by atoms with E-state index in [9.17, 15) is 5.11 Å². The van der Waals surface area contributed by atoms with Crippen molar-refractivity contribution in [3.05, 3.63) is 28.2 Å². The van der Waals surface area contributed by atoms with Gasteiger partial charge in [0.15, 0.2) is 0 Å². The quantitative estimate of drug-likeness (QED) is 0.887. The van der Waals surface area contributed by atoms with Gasteiger partial charge in [-0.2, -0.15) is 0 Å². The lowest BCUT2D eigenvalue weighted by atomic mass is 10.0. The minimum Gasteiger partial charge on any atom is -0.508 e. The zero-order chi connectivity index (χ0) is 13.0. The van der Waals surface area contributed by atoms with Crippen molar-refractivity contribution in [3.63, 3.8) is 0 Å². The van der Waals surface area contributed by atoms with Crippen LogP contribution >= 0.6 is 15.9 Å². The Balaban J connectivity index is 2.67. The Morgan fingerprint density at radius 1 is 1.29 bits per heavy atom. The molecule has 1 atom stereocenters. The maximum atomic E-state index is 9.50. The molecule has 0 spiro atoms. The molecule has 0 aliphatic heterocycles. The van der Waals surface area contributed by atoms with Gasteiger partial charge in [-0.15, -0.1) is 0 Å². The topological polar surface area (TPSA) is 23.5 Å². The van der Waals surface area contributed by atoms with Gasteiger partial charge in [-0.25, -0.2) is 0 Å². The summed E-state index contributed by atoms with van der Waals surface area (Å²) in [6, 6.07) is 5.96. The highest BCUT2D eigenvalue weighted by Gasteiger charge is 2.12. The first-order chi connectivity index (χ1) is 7.90. The Morgan fingerprint density at radius 2 is 1.94 bits per heavy atom. The van der Waals surface area contributed by atoms with E-state index in [0.717, 1.165) is 16.6 Å². The van der Waals surface area contributed by atoms with Crippen LogP contribution < -0.4 is 0 Å². The van der Waals surface area contributed by atoms with Crippen molar-refractivity contribution in [2.24, 2.45) is 5.92 Å². The molecule has 0 aliphatic rings. The Kier molecular flexibility index (Phi) is 5.47. The van der Waals surface area contributed by atoms with Gasteiger partial charge in [0.25, 0.3) is 0 Å². The van der Waals surface area contributed by atoms with E-state index in [-0.39, 0.29) is 0 Å². The number of nitrogens with zero attached hydrogens (tertiary/aromatic N) is 1. The zero-order valence-corrected chi connectivity index (χ0v) is 12.7. The number of aromatic hydroxyl groups is 1. The summed E-state index contributed by atoms with van der Waals surface area (Å²) in [5.74, 6) is 1.04. The third-order valence-electron chi connectivity index (χ3n) is 3.01. The second-order valence-electron chi connectivity index (χ2n) is 5.17. The molecule has 17 heavy (non-hydrogen) atoms. The van der Waals surface area contributed by atoms with Crippen molar-refractivity contribution in [1.29, 1.82) is 0 Å². The van der Waals surface area contributed by atoms with Crippen LogP contribution in [0.4, 0.5) is 0 Å². The molecule has 96 valence electrons. The molecule has 0 bridgehead atoms.